The van der Waals surface area contributed by atoms with E-state index in [0.717, 1.165) is 16.8 Å². The molecule has 2 rings (SSSR count). The number of hydrogen-bond donors (Lipinski definition) is 1. The van der Waals surface area contributed by atoms with Gasteiger partial charge in [-0.1, -0.05) is 18.2 Å². The van der Waals surface area contributed by atoms with E-state index in [1.165, 1.54) is 0 Å². The fourth-order valence-corrected chi connectivity index (χ4v) is 2.21. The largest absolute Gasteiger partial charge is 0.366 e. The SMILES string of the molecule is Cc1ccccc1NC(C#N)c1ccsc1. The van der Waals surface area contributed by atoms with Crippen LogP contribution in [0.5, 0.6) is 0 Å². The summed E-state index contributed by atoms with van der Waals surface area (Å²) in [4.78, 5) is 0. The second-order valence-electron chi connectivity index (χ2n) is 3.58. The number of anilines is 1. The summed E-state index contributed by atoms with van der Waals surface area (Å²) in [7, 11) is 0. The number of aryl methyl sites for hydroxylation is 1. The van der Waals surface area contributed by atoms with E-state index in [0.29, 0.717) is 0 Å². The van der Waals surface area contributed by atoms with Crippen molar-refractivity contribution in [1.29, 1.82) is 5.26 Å². The van der Waals surface area contributed by atoms with Crippen LogP contribution in [0.4, 0.5) is 5.69 Å². The van der Waals surface area contributed by atoms with Crippen LogP contribution in [0, 0.1) is 18.3 Å². The Bertz CT molecular complexity index is 497. The molecule has 0 aliphatic rings. The first kappa shape index (κ1) is 10.7. The summed E-state index contributed by atoms with van der Waals surface area (Å²) in [5, 5.41) is 16.4. The number of nitrogens with one attached hydrogen (secondary N) is 1. The maximum absolute atomic E-state index is 9.14. The molecule has 2 aromatic rings. The molecule has 0 saturated carbocycles. The molecule has 1 atom stereocenters. The van der Waals surface area contributed by atoms with E-state index in [9.17, 15) is 0 Å². The molecule has 80 valence electrons. The average Bonchev–Trinajstić information content (AvgIpc) is 2.81. The van der Waals surface area contributed by atoms with Crippen LogP contribution in [0.2, 0.25) is 0 Å². The summed E-state index contributed by atoms with van der Waals surface area (Å²) in [6.45, 7) is 2.03. The van der Waals surface area contributed by atoms with Crippen molar-refractivity contribution < 1.29 is 0 Å². The third-order valence-electron chi connectivity index (χ3n) is 2.45. The predicted molar refractivity (Wildman–Crippen MR) is 67.5 cm³/mol. The van der Waals surface area contributed by atoms with E-state index >= 15 is 0 Å². The molecule has 0 radical (unpaired) electrons. The molecule has 1 heterocycles. The van der Waals surface area contributed by atoms with Gasteiger partial charge in [0.15, 0.2) is 0 Å². The van der Waals surface area contributed by atoms with Crippen molar-refractivity contribution >= 4 is 17.0 Å². The Morgan fingerprint density at radius 3 is 2.75 bits per heavy atom. The number of benzene rings is 1. The number of nitriles is 1. The maximum atomic E-state index is 9.14. The minimum atomic E-state index is -0.271. The van der Waals surface area contributed by atoms with E-state index in [1.807, 2.05) is 48.0 Å². The Hall–Kier alpha value is -1.79. The van der Waals surface area contributed by atoms with Crippen LogP contribution in [0.3, 0.4) is 0 Å². The Kier molecular flexibility index (Phi) is 3.23. The Morgan fingerprint density at radius 2 is 2.12 bits per heavy atom. The molecule has 1 unspecified atom stereocenters. The maximum Gasteiger partial charge on any atom is 0.141 e. The van der Waals surface area contributed by atoms with E-state index < -0.39 is 0 Å². The highest BCUT2D eigenvalue weighted by atomic mass is 32.1. The molecule has 16 heavy (non-hydrogen) atoms. The molecule has 0 aliphatic heterocycles. The summed E-state index contributed by atoms with van der Waals surface area (Å²) < 4.78 is 0. The van der Waals surface area contributed by atoms with Gasteiger partial charge in [-0.25, -0.2) is 0 Å². The molecule has 2 nitrogen and oxygen atoms in total. The first-order valence-corrected chi connectivity index (χ1v) is 5.99. The smallest absolute Gasteiger partial charge is 0.141 e. The summed E-state index contributed by atoms with van der Waals surface area (Å²) >= 11 is 1.61. The number of rotatable bonds is 3. The molecule has 0 fully saturated rings. The molecule has 1 aromatic heterocycles. The highest BCUT2D eigenvalue weighted by molar-refractivity contribution is 7.08. The predicted octanol–water partition coefficient (Wildman–Crippen LogP) is 3.73. The fraction of sp³-hybridized carbons (Fsp3) is 0.154. The van der Waals surface area contributed by atoms with Crippen molar-refractivity contribution in [2.75, 3.05) is 5.32 Å². The lowest BCUT2D eigenvalue weighted by atomic mass is 10.1. The lowest BCUT2D eigenvalue weighted by Gasteiger charge is -2.13. The highest BCUT2D eigenvalue weighted by Crippen LogP contribution is 2.23. The molecule has 0 saturated heterocycles. The van der Waals surface area contributed by atoms with Crippen molar-refractivity contribution in [2.24, 2.45) is 0 Å². The second-order valence-corrected chi connectivity index (χ2v) is 4.36. The summed E-state index contributed by atoms with van der Waals surface area (Å²) in [6, 6.07) is 12.0. The standard InChI is InChI=1S/C13H12N2S/c1-10-4-2-3-5-12(10)15-13(8-14)11-6-7-16-9-11/h2-7,9,13,15H,1H3. The number of para-hydroxylation sites is 1. The molecular weight excluding hydrogens is 216 g/mol. The van der Waals surface area contributed by atoms with Gasteiger partial charge in [0.2, 0.25) is 0 Å². The van der Waals surface area contributed by atoms with E-state index in [4.69, 9.17) is 5.26 Å². The van der Waals surface area contributed by atoms with E-state index in [-0.39, 0.29) is 6.04 Å². The van der Waals surface area contributed by atoms with Crippen molar-refractivity contribution in [3.05, 3.63) is 52.2 Å². The van der Waals surface area contributed by atoms with Gasteiger partial charge in [0.05, 0.1) is 6.07 Å². The number of hydrogen-bond acceptors (Lipinski definition) is 3. The van der Waals surface area contributed by atoms with Crippen molar-refractivity contribution in [2.45, 2.75) is 13.0 Å². The van der Waals surface area contributed by atoms with Gasteiger partial charge in [-0.3, -0.25) is 0 Å². The number of nitrogens with zero attached hydrogens (tertiary/aromatic N) is 1. The molecular formula is C13H12N2S. The molecule has 1 N–H and O–H groups in total. The first-order chi connectivity index (χ1) is 7.81. The van der Waals surface area contributed by atoms with Crippen LogP contribution in [-0.4, -0.2) is 0 Å². The third-order valence-corrected chi connectivity index (χ3v) is 3.15. The van der Waals surface area contributed by atoms with Crippen LogP contribution in [-0.2, 0) is 0 Å². The van der Waals surface area contributed by atoms with Gasteiger partial charge in [0.25, 0.3) is 0 Å². The fourth-order valence-electron chi connectivity index (χ4n) is 1.52. The minimum Gasteiger partial charge on any atom is -0.366 e. The van der Waals surface area contributed by atoms with E-state index in [2.05, 4.69) is 11.4 Å². The Balaban J connectivity index is 2.21. The van der Waals surface area contributed by atoms with Crippen molar-refractivity contribution in [1.82, 2.24) is 0 Å². The van der Waals surface area contributed by atoms with Crippen molar-refractivity contribution in [3.63, 3.8) is 0 Å². The zero-order valence-corrected chi connectivity index (χ0v) is 9.79. The van der Waals surface area contributed by atoms with Crippen LogP contribution in [0.15, 0.2) is 41.1 Å². The van der Waals surface area contributed by atoms with Crippen LogP contribution >= 0.6 is 11.3 Å². The molecule has 0 aliphatic carbocycles. The average molecular weight is 228 g/mol. The molecule has 0 bridgehead atoms. The minimum absolute atomic E-state index is 0.271. The molecule has 0 amide bonds. The van der Waals surface area contributed by atoms with Gasteiger partial charge in [0.1, 0.15) is 6.04 Å². The monoisotopic (exact) mass is 228 g/mol. The Labute approximate surface area is 99.2 Å². The lowest BCUT2D eigenvalue weighted by Crippen LogP contribution is -2.08. The van der Waals surface area contributed by atoms with Gasteiger partial charge in [0, 0.05) is 5.69 Å². The molecule has 0 spiro atoms. The first-order valence-electron chi connectivity index (χ1n) is 5.05. The van der Waals surface area contributed by atoms with Crippen molar-refractivity contribution in [3.8, 4) is 6.07 Å². The van der Waals surface area contributed by atoms with Crippen LogP contribution < -0.4 is 5.32 Å². The van der Waals surface area contributed by atoms with Gasteiger partial charge in [-0.05, 0) is 40.9 Å². The van der Waals surface area contributed by atoms with Gasteiger partial charge < -0.3 is 5.32 Å². The summed E-state index contributed by atoms with van der Waals surface area (Å²) in [5.41, 5.74) is 3.19. The zero-order chi connectivity index (χ0) is 11.4. The second kappa shape index (κ2) is 4.82. The van der Waals surface area contributed by atoms with Crippen LogP contribution in [0.1, 0.15) is 17.2 Å². The highest BCUT2D eigenvalue weighted by Gasteiger charge is 2.10. The van der Waals surface area contributed by atoms with Crippen LogP contribution in [0.25, 0.3) is 0 Å². The van der Waals surface area contributed by atoms with Gasteiger partial charge >= 0.3 is 0 Å². The van der Waals surface area contributed by atoms with Gasteiger partial charge in [-0.2, -0.15) is 16.6 Å². The van der Waals surface area contributed by atoms with E-state index in [1.54, 1.807) is 11.3 Å². The normalized spacial score (nSPS) is 11.8. The molecule has 3 heteroatoms. The third kappa shape index (κ3) is 2.23. The lowest BCUT2D eigenvalue weighted by molar-refractivity contribution is 1.00. The summed E-state index contributed by atoms with van der Waals surface area (Å²) in [6.07, 6.45) is 0. The zero-order valence-electron chi connectivity index (χ0n) is 8.97. The van der Waals surface area contributed by atoms with Gasteiger partial charge in [-0.15, -0.1) is 0 Å². The topological polar surface area (TPSA) is 35.8 Å². The number of thiophene rings is 1. The molecule has 1 aromatic carbocycles. The quantitative estimate of drug-likeness (QED) is 0.868. The Morgan fingerprint density at radius 1 is 1.31 bits per heavy atom. The summed E-state index contributed by atoms with van der Waals surface area (Å²) in [5.74, 6) is 0.